The van der Waals surface area contributed by atoms with E-state index in [1.165, 1.54) is 12.7 Å². The van der Waals surface area contributed by atoms with Crippen molar-refractivity contribution in [2.24, 2.45) is 0 Å². The molecule has 0 bridgehead atoms. The Morgan fingerprint density at radius 2 is 1.95 bits per heavy atom. The first-order chi connectivity index (χ1) is 9.70. The summed E-state index contributed by atoms with van der Waals surface area (Å²) in [5, 5.41) is 2.88. The maximum Gasteiger partial charge on any atom is 0.251 e. The van der Waals surface area contributed by atoms with Crippen molar-refractivity contribution in [3.63, 3.8) is 0 Å². The molecule has 0 aromatic heterocycles. The van der Waals surface area contributed by atoms with Crippen molar-refractivity contribution in [2.45, 2.75) is 6.42 Å². The third-order valence-corrected chi connectivity index (χ3v) is 3.04. The molecule has 0 aliphatic rings. The van der Waals surface area contributed by atoms with Gasteiger partial charge in [-0.15, -0.1) is 0 Å². The Bertz CT molecular complexity index is 582. The summed E-state index contributed by atoms with van der Waals surface area (Å²) in [6, 6.07) is 15.0. The molecule has 3 N–H and O–H groups in total. The number of anilines is 1. The van der Waals surface area contributed by atoms with E-state index < -0.39 is 0 Å². The summed E-state index contributed by atoms with van der Waals surface area (Å²) in [6.45, 7) is 0.593. The zero-order valence-electron chi connectivity index (χ0n) is 11.4. The molecular weight excluding hydrogens is 252 g/mol. The summed E-state index contributed by atoms with van der Waals surface area (Å²) in [7, 11) is 1.53. The number of nitrogens with one attached hydrogen (secondary N) is 1. The van der Waals surface area contributed by atoms with Crippen molar-refractivity contribution in [1.82, 2.24) is 5.32 Å². The number of nitrogens with two attached hydrogens (primary N) is 1. The van der Waals surface area contributed by atoms with Crippen LogP contribution in [0.25, 0.3) is 0 Å². The predicted octanol–water partition coefficient (Wildman–Crippen LogP) is 2.25. The van der Waals surface area contributed by atoms with Gasteiger partial charge in [-0.25, -0.2) is 0 Å². The Hall–Kier alpha value is -2.49. The minimum atomic E-state index is -0.126. The lowest BCUT2D eigenvalue weighted by atomic mass is 10.1. The molecule has 0 aliphatic carbocycles. The molecule has 0 aliphatic heterocycles. The maximum atomic E-state index is 12.0. The number of benzene rings is 2. The first kappa shape index (κ1) is 13.9. The van der Waals surface area contributed by atoms with E-state index in [9.17, 15) is 4.79 Å². The Morgan fingerprint density at radius 1 is 1.20 bits per heavy atom. The second-order valence-electron chi connectivity index (χ2n) is 4.45. The van der Waals surface area contributed by atoms with Crippen molar-refractivity contribution in [3.05, 3.63) is 59.7 Å². The van der Waals surface area contributed by atoms with E-state index in [1.807, 2.05) is 30.3 Å². The van der Waals surface area contributed by atoms with Gasteiger partial charge in [0.25, 0.3) is 5.91 Å². The van der Waals surface area contributed by atoms with Gasteiger partial charge in [-0.2, -0.15) is 0 Å². The number of ether oxygens (including phenoxy) is 1. The summed E-state index contributed by atoms with van der Waals surface area (Å²) >= 11 is 0. The SMILES string of the molecule is COc1cc(C(=O)NCCc2ccccc2)ccc1N. The van der Waals surface area contributed by atoms with E-state index >= 15 is 0 Å². The molecule has 0 saturated heterocycles. The molecule has 2 aromatic rings. The molecule has 4 heteroatoms. The fraction of sp³-hybridized carbons (Fsp3) is 0.188. The first-order valence-corrected chi connectivity index (χ1v) is 6.46. The molecule has 0 saturated carbocycles. The van der Waals surface area contributed by atoms with Crippen LogP contribution in [-0.4, -0.2) is 19.6 Å². The highest BCUT2D eigenvalue weighted by Gasteiger charge is 2.08. The van der Waals surface area contributed by atoms with Crippen LogP contribution in [0.4, 0.5) is 5.69 Å². The van der Waals surface area contributed by atoms with Gasteiger partial charge in [0.1, 0.15) is 5.75 Å². The Labute approximate surface area is 118 Å². The molecule has 0 radical (unpaired) electrons. The number of hydrogen-bond donors (Lipinski definition) is 2. The van der Waals surface area contributed by atoms with Crippen LogP contribution in [0.2, 0.25) is 0 Å². The van der Waals surface area contributed by atoms with E-state index in [2.05, 4.69) is 5.32 Å². The smallest absolute Gasteiger partial charge is 0.251 e. The van der Waals surface area contributed by atoms with E-state index in [0.29, 0.717) is 23.5 Å². The molecule has 20 heavy (non-hydrogen) atoms. The van der Waals surface area contributed by atoms with Crippen LogP contribution in [0.3, 0.4) is 0 Å². The molecule has 104 valence electrons. The molecule has 0 fully saturated rings. The molecule has 2 rings (SSSR count). The summed E-state index contributed by atoms with van der Waals surface area (Å²) in [4.78, 5) is 12.0. The summed E-state index contributed by atoms with van der Waals surface area (Å²) < 4.78 is 5.10. The first-order valence-electron chi connectivity index (χ1n) is 6.46. The maximum absolute atomic E-state index is 12.0. The van der Waals surface area contributed by atoms with Gasteiger partial charge in [0.05, 0.1) is 12.8 Å². The van der Waals surface area contributed by atoms with E-state index in [1.54, 1.807) is 18.2 Å². The van der Waals surface area contributed by atoms with Gasteiger partial charge in [-0.05, 0) is 30.2 Å². The Morgan fingerprint density at radius 3 is 2.65 bits per heavy atom. The number of rotatable bonds is 5. The summed E-state index contributed by atoms with van der Waals surface area (Å²) in [6.07, 6.45) is 0.804. The quantitative estimate of drug-likeness (QED) is 0.819. The van der Waals surface area contributed by atoms with Crippen molar-refractivity contribution in [2.75, 3.05) is 19.4 Å². The van der Waals surface area contributed by atoms with Gasteiger partial charge in [-0.1, -0.05) is 30.3 Å². The van der Waals surface area contributed by atoms with Crippen LogP contribution >= 0.6 is 0 Å². The summed E-state index contributed by atoms with van der Waals surface area (Å²) in [5.41, 5.74) is 7.98. The van der Waals surface area contributed by atoms with E-state index in [4.69, 9.17) is 10.5 Å². The van der Waals surface area contributed by atoms with E-state index in [0.717, 1.165) is 6.42 Å². The average Bonchev–Trinajstić information content (AvgIpc) is 2.48. The lowest BCUT2D eigenvalue weighted by molar-refractivity contribution is 0.0954. The topological polar surface area (TPSA) is 64.3 Å². The number of methoxy groups -OCH3 is 1. The minimum absolute atomic E-state index is 0.126. The number of carbonyl (C=O) groups excluding carboxylic acids is 1. The fourth-order valence-electron chi connectivity index (χ4n) is 1.92. The highest BCUT2D eigenvalue weighted by molar-refractivity contribution is 5.95. The minimum Gasteiger partial charge on any atom is -0.495 e. The predicted molar refractivity (Wildman–Crippen MR) is 79.9 cm³/mol. The van der Waals surface area contributed by atoms with Gasteiger partial charge >= 0.3 is 0 Å². The van der Waals surface area contributed by atoms with Crippen molar-refractivity contribution < 1.29 is 9.53 Å². The molecule has 4 nitrogen and oxygen atoms in total. The molecule has 0 unspecified atom stereocenters. The highest BCUT2D eigenvalue weighted by atomic mass is 16.5. The van der Waals surface area contributed by atoms with Gasteiger partial charge in [-0.3, -0.25) is 4.79 Å². The highest BCUT2D eigenvalue weighted by Crippen LogP contribution is 2.21. The van der Waals surface area contributed by atoms with Crippen molar-refractivity contribution in [1.29, 1.82) is 0 Å². The zero-order chi connectivity index (χ0) is 14.4. The number of carbonyl (C=O) groups is 1. The number of amides is 1. The molecule has 1 amide bonds. The van der Waals surface area contributed by atoms with Crippen LogP contribution in [0.15, 0.2) is 48.5 Å². The third-order valence-electron chi connectivity index (χ3n) is 3.04. The van der Waals surface area contributed by atoms with E-state index in [-0.39, 0.29) is 5.91 Å². The largest absolute Gasteiger partial charge is 0.495 e. The standard InChI is InChI=1S/C16H18N2O2/c1-20-15-11-13(7-8-14(15)17)16(19)18-10-9-12-5-3-2-4-6-12/h2-8,11H,9-10,17H2,1H3,(H,18,19). The molecule has 0 heterocycles. The third kappa shape index (κ3) is 3.51. The molecule has 2 aromatic carbocycles. The fourth-order valence-corrected chi connectivity index (χ4v) is 1.92. The lowest BCUT2D eigenvalue weighted by Crippen LogP contribution is -2.25. The van der Waals surface area contributed by atoms with Crippen LogP contribution < -0.4 is 15.8 Å². The van der Waals surface area contributed by atoms with Crippen LogP contribution in [-0.2, 0) is 6.42 Å². The van der Waals surface area contributed by atoms with Crippen LogP contribution in [0, 0.1) is 0 Å². The van der Waals surface area contributed by atoms with Gasteiger partial charge in [0.15, 0.2) is 0 Å². The lowest BCUT2D eigenvalue weighted by Gasteiger charge is -2.08. The van der Waals surface area contributed by atoms with Crippen molar-refractivity contribution >= 4 is 11.6 Å². The number of hydrogen-bond acceptors (Lipinski definition) is 3. The zero-order valence-corrected chi connectivity index (χ0v) is 11.4. The Kier molecular flexibility index (Phi) is 4.60. The molecule has 0 atom stereocenters. The van der Waals surface area contributed by atoms with Gasteiger partial charge in [0.2, 0.25) is 0 Å². The second-order valence-corrected chi connectivity index (χ2v) is 4.45. The Balaban J connectivity index is 1.92. The summed E-state index contributed by atoms with van der Waals surface area (Å²) in [5.74, 6) is 0.389. The van der Waals surface area contributed by atoms with Gasteiger partial charge < -0.3 is 15.8 Å². The van der Waals surface area contributed by atoms with Gasteiger partial charge in [0, 0.05) is 12.1 Å². The number of nitrogen functional groups attached to an aromatic ring is 1. The van der Waals surface area contributed by atoms with Crippen LogP contribution in [0.5, 0.6) is 5.75 Å². The normalized spacial score (nSPS) is 10.1. The molecular formula is C16H18N2O2. The average molecular weight is 270 g/mol. The van der Waals surface area contributed by atoms with Crippen molar-refractivity contribution in [3.8, 4) is 5.75 Å². The second kappa shape index (κ2) is 6.61. The molecule has 0 spiro atoms. The van der Waals surface area contributed by atoms with Crippen LogP contribution in [0.1, 0.15) is 15.9 Å². The monoisotopic (exact) mass is 270 g/mol.